The molecule has 0 bridgehead atoms. The van der Waals surface area contributed by atoms with E-state index in [1.165, 1.54) is 12.1 Å². The number of hydrogen-bond donors (Lipinski definition) is 1. The lowest BCUT2D eigenvalue weighted by Gasteiger charge is -2.06. The minimum absolute atomic E-state index is 0.247. The van der Waals surface area contributed by atoms with E-state index in [-0.39, 0.29) is 5.82 Å². The summed E-state index contributed by atoms with van der Waals surface area (Å²) in [4.78, 5) is 4.11. The second-order valence-electron chi connectivity index (χ2n) is 5.14. The Kier molecular flexibility index (Phi) is 3.87. The van der Waals surface area contributed by atoms with Crippen LogP contribution in [0.3, 0.4) is 0 Å². The van der Waals surface area contributed by atoms with Crippen molar-refractivity contribution in [1.82, 2.24) is 14.8 Å². The zero-order valence-corrected chi connectivity index (χ0v) is 12.5. The Morgan fingerprint density at radius 1 is 1.18 bits per heavy atom. The van der Waals surface area contributed by atoms with Gasteiger partial charge in [0.1, 0.15) is 12.0 Å². The first kappa shape index (κ1) is 14.3. The Morgan fingerprint density at radius 2 is 1.95 bits per heavy atom. The van der Waals surface area contributed by atoms with Gasteiger partial charge in [-0.05, 0) is 36.8 Å². The first-order chi connectivity index (χ1) is 10.6. The summed E-state index contributed by atoms with van der Waals surface area (Å²) in [5.74, 6) is -0.247. The Hall–Kier alpha value is -2.69. The van der Waals surface area contributed by atoms with Crippen LogP contribution in [0.25, 0.3) is 11.1 Å². The highest BCUT2D eigenvalue weighted by Gasteiger charge is 2.04. The number of halogens is 1. The van der Waals surface area contributed by atoms with Gasteiger partial charge < -0.3 is 5.32 Å². The highest BCUT2D eigenvalue weighted by atomic mass is 19.1. The first-order valence-electron chi connectivity index (χ1n) is 6.99. The fraction of sp³-hybridized carbons (Fsp3) is 0.176. The summed E-state index contributed by atoms with van der Waals surface area (Å²) >= 11 is 0. The molecular formula is C17H16FN4. The molecule has 3 aromatic rings. The van der Waals surface area contributed by atoms with E-state index in [1.54, 1.807) is 18.3 Å². The molecule has 0 aliphatic heterocycles. The smallest absolute Gasteiger partial charge is 0.123 e. The molecule has 0 saturated heterocycles. The summed E-state index contributed by atoms with van der Waals surface area (Å²) in [5, 5.41) is 7.65. The van der Waals surface area contributed by atoms with E-state index in [0.29, 0.717) is 6.54 Å². The molecule has 0 aliphatic carbocycles. The molecule has 1 aromatic carbocycles. The average molecular weight is 295 g/mol. The van der Waals surface area contributed by atoms with Crippen LogP contribution in [0, 0.1) is 18.9 Å². The molecule has 3 rings (SSSR count). The van der Waals surface area contributed by atoms with Crippen molar-refractivity contribution in [3.8, 4) is 11.1 Å². The van der Waals surface area contributed by atoms with Gasteiger partial charge in [0.05, 0.1) is 17.9 Å². The molecule has 0 unspecified atom stereocenters. The van der Waals surface area contributed by atoms with Crippen LogP contribution < -0.4 is 5.32 Å². The van der Waals surface area contributed by atoms with E-state index in [1.807, 2.05) is 30.8 Å². The van der Waals surface area contributed by atoms with Crippen LogP contribution in [-0.4, -0.2) is 14.8 Å². The van der Waals surface area contributed by atoms with Gasteiger partial charge in [-0.25, -0.2) is 4.39 Å². The minimum Gasteiger partial charge on any atom is -0.377 e. The normalized spacial score (nSPS) is 10.7. The van der Waals surface area contributed by atoms with Crippen molar-refractivity contribution in [3.63, 3.8) is 0 Å². The quantitative estimate of drug-likeness (QED) is 0.802. The van der Waals surface area contributed by atoms with Gasteiger partial charge >= 0.3 is 0 Å². The van der Waals surface area contributed by atoms with Crippen LogP contribution in [0.15, 0.2) is 42.6 Å². The van der Waals surface area contributed by atoms with Crippen molar-refractivity contribution in [2.45, 2.75) is 13.5 Å². The number of nitrogens with one attached hydrogen (secondary N) is 1. The van der Waals surface area contributed by atoms with Crippen LogP contribution in [-0.2, 0) is 13.6 Å². The van der Waals surface area contributed by atoms with Crippen molar-refractivity contribution in [3.05, 3.63) is 66.0 Å². The summed E-state index contributed by atoms with van der Waals surface area (Å²) in [5.41, 5.74) is 4.68. The van der Waals surface area contributed by atoms with Crippen LogP contribution in [0.4, 0.5) is 10.1 Å². The van der Waals surface area contributed by atoms with Crippen molar-refractivity contribution in [2.75, 3.05) is 5.32 Å². The van der Waals surface area contributed by atoms with E-state index in [2.05, 4.69) is 21.6 Å². The monoisotopic (exact) mass is 295 g/mol. The Morgan fingerprint density at radius 3 is 2.64 bits per heavy atom. The molecule has 0 atom stereocenters. The van der Waals surface area contributed by atoms with E-state index in [0.717, 1.165) is 28.2 Å². The molecule has 0 fully saturated rings. The summed E-state index contributed by atoms with van der Waals surface area (Å²) < 4.78 is 14.8. The molecule has 111 valence electrons. The second kappa shape index (κ2) is 5.97. The van der Waals surface area contributed by atoms with E-state index in [9.17, 15) is 4.39 Å². The third-order valence-electron chi connectivity index (χ3n) is 3.49. The maximum absolute atomic E-state index is 13.0. The molecule has 2 aromatic heterocycles. The van der Waals surface area contributed by atoms with Gasteiger partial charge in [-0.2, -0.15) is 5.10 Å². The fourth-order valence-electron chi connectivity index (χ4n) is 2.19. The van der Waals surface area contributed by atoms with E-state index >= 15 is 0 Å². The standard InChI is InChI=1S/C17H16FN4/c1-12-7-17(21-22(12)2)11-20-16-8-14(9-19-10-16)13-3-5-15(18)6-4-13/h3-9,20H,11H2,1-2H3. The maximum Gasteiger partial charge on any atom is 0.123 e. The highest BCUT2D eigenvalue weighted by molar-refractivity contribution is 5.66. The number of aryl methyl sites for hydroxylation is 2. The molecule has 2 heterocycles. The maximum atomic E-state index is 13.0. The van der Waals surface area contributed by atoms with Gasteiger partial charge in [0.25, 0.3) is 0 Å². The molecule has 0 amide bonds. The van der Waals surface area contributed by atoms with Crippen LogP contribution in [0.1, 0.15) is 11.4 Å². The van der Waals surface area contributed by atoms with Crippen molar-refractivity contribution >= 4 is 5.69 Å². The third kappa shape index (κ3) is 3.14. The summed E-state index contributed by atoms with van der Waals surface area (Å²) in [6, 6.07) is 10.3. The lowest BCUT2D eigenvalue weighted by atomic mass is 10.1. The number of rotatable bonds is 4. The predicted molar refractivity (Wildman–Crippen MR) is 83.7 cm³/mol. The molecule has 1 N–H and O–H groups in total. The van der Waals surface area contributed by atoms with Crippen LogP contribution in [0.5, 0.6) is 0 Å². The molecule has 22 heavy (non-hydrogen) atoms. The van der Waals surface area contributed by atoms with E-state index in [4.69, 9.17) is 0 Å². The summed E-state index contributed by atoms with van der Waals surface area (Å²) in [7, 11) is 1.92. The molecule has 0 aliphatic rings. The molecular weight excluding hydrogens is 279 g/mol. The molecule has 4 nitrogen and oxygen atoms in total. The van der Waals surface area contributed by atoms with Gasteiger partial charge in [0.15, 0.2) is 0 Å². The second-order valence-corrected chi connectivity index (χ2v) is 5.14. The van der Waals surface area contributed by atoms with Gasteiger partial charge in [-0.3, -0.25) is 9.67 Å². The zero-order valence-electron chi connectivity index (χ0n) is 12.5. The molecule has 5 heteroatoms. The summed E-state index contributed by atoms with van der Waals surface area (Å²) in [6.45, 7) is 2.62. The van der Waals surface area contributed by atoms with Crippen molar-refractivity contribution in [2.24, 2.45) is 7.05 Å². The number of aromatic nitrogens is 3. The Balaban J connectivity index is 1.75. The molecule has 0 spiro atoms. The highest BCUT2D eigenvalue weighted by Crippen LogP contribution is 2.21. The number of benzene rings is 1. The Bertz CT molecular complexity index is 758. The molecule has 0 saturated carbocycles. The first-order valence-corrected chi connectivity index (χ1v) is 6.99. The number of nitrogens with zero attached hydrogens (tertiary/aromatic N) is 3. The lowest BCUT2D eigenvalue weighted by molar-refractivity contribution is 0.628. The van der Waals surface area contributed by atoms with Crippen LogP contribution >= 0.6 is 0 Å². The molecule has 1 radical (unpaired) electrons. The topological polar surface area (TPSA) is 42.7 Å². The van der Waals surface area contributed by atoms with Gasteiger partial charge in [-0.1, -0.05) is 12.1 Å². The van der Waals surface area contributed by atoms with E-state index < -0.39 is 0 Å². The minimum atomic E-state index is -0.247. The zero-order chi connectivity index (χ0) is 15.5. The van der Waals surface area contributed by atoms with Gasteiger partial charge in [-0.15, -0.1) is 0 Å². The average Bonchev–Trinajstić information content (AvgIpc) is 2.85. The fourth-order valence-corrected chi connectivity index (χ4v) is 2.19. The van der Waals surface area contributed by atoms with Crippen molar-refractivity contribution in [1.29, 1.82) is 0 Å². The lowest BCUT2D eigenvalue weighted by Crippen LogP contribution is -2.02. The largest absolute Gasteiger partial charge is 0.377 e. The van der Waals surface area contributed by atoms with Crippen molar-refractivity contribution < 1.29 is 4.39 Å². The third-order valence-corrected chi connectivity index (χ3v) is 3.49. The van der Waals surface area contributed by atoms with Crippen LogP contribution in [0.2, 0.25) is 0 Å². The number of anilines is 1. The summed E-state index contributed by atoms with van der Waals surface area (Å²) in [6.07, 6.45) is 4.62. The Labute approximate surface area is 128 Å². The predicted octanol–water partition coefficient (Wildman–Crippen LogP) is 3.34. The van der Waals surface area contributed by atoms with Gasteiger partial charge in [0.2, 0.25) is 0 Å². The van der Waals surface area contributed by atoms with Gasteiger partial charge in [0, 0.05) is 24.5 Å². The SMILES string of the molecule is Cc1cc(CNc2[c]ncc(-c3ccc(F)cc3)c2)nn1C. The number of hydrogen-bond acceptors (Lipinski definition) is 3. The number of pyridine rings is 1.